The van der Waals surface area contributed by atoms with Gasteiger partial charge in [-0.2, -0.15) is 0 Å². The van der Waals surface area contributed by atoms with Crippen molar-refractivity contribution < 1.29 is 0 Å². The molecule has 102 valence electrons. The van der Waals surface area contributed by atoms with Crippen molar-refractivity contribution in [3.8, 4) is 0 Å². The second kappa shape index (κ2) is 6.38. The third-order valence-electron chi connectivity index (χ3n) is 3.70. The van der Waals surface area contributed by atoms with Gasteiger partial charge in [0, 0.05) is 0 Å². The first-order valence-corrected chi connectivity index (χ1v) is 7.16. The maximum Gasteiger partial charge on any atom is -0.00166 e. The van der Waals surface area contributed by atoms with E-state index in [1.807, 2.05) is 6.08 Å². The lowest BCUT2D eigenvalue weighted by Gasteiger charge is -2.24. The summed E-state index contributed by atoms with van der Waals surface area (Å²) in [6.07, 6.45) is 13.8. The van der Waals surface area contributed by atoms with Gasteiger partial charge in [-0.25, -0.2) is 0 Å². The number of allylic oxidation sites excluding steroid dienone is 8. The summed E-state index contributed by atoms with van der Waals surface area (Å²) in [6, 6.07) is 6.47. The van der Waals surface area contributed by atoms with Crippen LogP contribution >= 0.6 is 0 Å². The molecule has 0 spiro atoms. The summed E-state index contributed by atoms with van der Waals surface area (Å²) >= 11 is 0. The highest BCUT2D eigenvalue weighted by molar-refractivity contribution is 5.94. The van der Waals surface area contributed by atoms with Crippen molar-refractivity contribution in [3.63, 3.8) is 0 Å². The van der Waals surface area contributed by atoms with Crippen LogP contribution < -0.4 is 0 Å². The molecule has 0 atom stereocenters. The van der Waals surface area contributed by atoms with Gasteiger partial charge in [-0.05, 0) is 60.6 Å². The lowest BCUT2D eigenvalue weighted by molar-refractivity contribution is 1.24. The van der Waals surface area contributed by atoms with E-state index in [4.69, 9.17) is 0 Å². The molecule has 1 aliphatic carbocycles. The number of fused-ring (bicyclic) bond motifs is 1. The Morgan fingerprint density at radius 1 is 1.05 bits per heavy atom. The zero-order valence-electron chi connectivity index (χ0n) is 12.6. The molecule has 0 saturated carbocycles. The minimum atomic E-state index is 0.984. The van der Waals surface area contributed by atoms with Crippen molar-refractivity contribution in [2.75, 3.05) is 0 Å². The first-order valence-electron chi connectivity index (χ1n) is 7.16. The molecule has 0 saturated heterocycles. The van der Waals surface area contributed by atoms with Gasteiger partial charge in [0.2, 0.25) is 0 Å². The minimum absolute atomic E-state index is 0.984. The lowest BCUT2D eigenvalue weighted by atomic mass is 9.79. The third-order valence-corrected chi connectivity index (χ3v) is 3.70. The van der Waals surface area contributed by atoms with Crippen LogP contribution in [0.25, 0.3) is 17.2 Å². The van der Waals surface area contributed by atoms with Gasteiger partial charge < -0.3 is 0 Å². The quantitative estimate of drug-likeness (QED) is 0.622. The molecule has 1 aromatic rings. The Hall–Kier alpha value is -2.08. The monoisotopic (exact) mass is 262 g/mol. The van der Waals surface area contributed by atoms with Crippen molar-refractivity contribution in [1.82, 2.24) is 0 Å². The van der Waals surface area contributed by atoms with Crippen LogP contribution in [0, 0.1) is 0 Å². The largest absolute Gasteiger partial charge is 0.0984 e. The van der Waals surface area contributed by atoms with E-state index < -0.39 is 0 Å². The molecule has 0 nitrogen and oxygen atoms in total. The Morgan fingerprint density at radius 2 is 1.80 bits per heavy atom. The molecule has 0 unspecified atom stereocenters. The minimum Gasteiger partial charge on any atom is -0.0984 e. The molecule has 0 heterocycles. The van der Waals surface area contributed by atoms with Crippen LogP contribution in [0.4, 0.5) is 0 Å². The van der Waals surface area contributed by atoms with Crippen LogP contribution in [0.5, 0.6) is 0 Å². The zero-order valence-corrected chi connectivity index (χ0v) is 12.6. The van der Waals surface area contributed by atoms with Gasteiger partial charge in [-0.15, -0.1) is 0 Å². The Bertz CT molecular complexity index is 634. The maximum atomic E-state index is 3.96. The molecule has 0 N–H and O–H groups in total. The summed E-state index contributed by atoms with van der Waals surface area (Å²) in [4.78, 5) is 0. The number of benzene rings is 1. The lowest BCUT2D eigenvalue weighted by Crippen LogP contribution is -2.04. The van der Waals surface area contributed by atoms with E-state index in [-0.39, 0.29) is 0 Å². The highest BCUT2D eigenvalue weighted by Gasteiger charge is 2.20. The fourth-order valence-electron chi connectivity index (χ4n) is 2.84. The molecule has 0 aliphatic heterocycles. The molecule has 0 aromatic heterocycles. The second-order valence-corrected chi connectivity index (χ2v) is 4.90. The Morgan fingerprint density at radius 3 is 2.40 bits per heavy atom. The molecule has 0 radical (unpaired) electrons. The highest BCUT2D eigenvalue weighted by atomic mass is 14.2. The highest BCUT2D eigenvalue weighted by Crippen LogP contribution is 2.41. The van der Waals surface area contributed by atoms with E-state index in [9.17, 15) is 0 Å². The fraction of sp³-hybridized carbons (Fsp3) is 0.200. The average molecular weight is 262 g/mol. The van der Waals surface area contributed by atoms with Crippen LogP contribution in [0.2, 0.25) is 0 Å². The Balaban J connectivity index is 2.81. The molecule has 20 heavy (non-hydrogen) atoms. The average Bonchev–Trinajstić information content (AvgIpc) is 2.48. The molecular formula is C20H22. The van der Waals surface area contributed by atoms with Crippen molar-refractivity contribution in [3.05, 3.63) is 77.4 Å². The molecular weight excluding hydrogens is 240 g/mol. The summed E-state index contributed by atoms with van der Waals surface area (Å²) in [5.74, 6) is 0. The van der Waals surface area contributed by atoms with E-state index in [0.717, 1.165) is 6.42 Å². The number of hydrogen-bond donors (Lipinski definition) is 0. The van der Waals surface area contributed by atoms with Crippen molar-refractivity contribution in [2.45, 2.75) is 27.2 Å². The second-order valence-electron chi connectivity index (χ2n) is 4.90. The Kier molecular flexibility index (Phi) is 4.57. The van der Waals surface area contributed by atoms with Crippen LogP contribution in [0.3, 0.4) is 0 Å². The Labute approximate surface area is 122 Å². The number of rotatable bonds is 3. The van der Waals surface area contributed by atoms with E-state index in [1.54, 1.807) is 0 Å². The van der Waals surface area contributed by atoms with Gasteiger partial charge in [-0.1, -0.05) is 61.2 Å². The summed E-state index contributed by atoms with van der Waals surface area (Å²) < 4.78 is 0. The van der Waals surface area contributed by atoms with Gasteiger partial charge in [0.05, 0.1) is 0 Å². The summed E-state index contributed by atoms with van der Waals surface area (Å²) in [7, 11) is 0. The first-order chi connectivity index (χ1) is 9.76. The molecule has 2 rings (SSSR count). The summed E-state index contributed by atoms with van der Waals surface area (Å²) in [6.45, 7) is 10.2. The van der Waals surface area contributed by atoms with E-state index in [2.05, 4.69) is 75.9 Å². The van der Waals surface area contributed by atoms with Gasteiger partial charge in [0.25, 0.3) is 0 Å². The predicted molar refractivity (Wildman–Crippen MR) is 91.3 cm³/mol. The van der Waals surface area contributed by atoms with Gasteiger partial charge in [0.15, 0.2) is 0 Å². The predicted octanol–water partition coefficient (Wildman–Crippen LogP) is 6.04. The van der Waals surface area contributed by atoms with Gasteiger partial charge in [0.1, 0.15) is 0 Å². The van der Waals surface area contributed by atoms with Crippen molar-refractivity contribution in [2.24, 2.45) is 0 Å². The molecule has 0 fully saturated rings. The maximum absolute atomic E-state index is 3.96. The third kappa shape index (κ3) is 2.46. The first kappa shape index (κ1) is 14.3. The van der Waals surface area contributed by atoms with Gasteiger partial charge >= 0.3 is 0 Å². The molecule has 1 aliphatic rings. The topological polar surface area (TPSA) is 0 Å². The van der Waals surface area contributed by atoms with Crippen LogP contribution in [0.1, 0.15) is 43.9 Å². The fourth-order valence-corrected chi connectivity index (χ4v) is 2.84. The molecule has 0 bridgehead atoms. The van der Waals surface area contributed by atoms with Crippen LogP contribution in [-0.4, -0.2) is 0 Å². The number of hydrogen-bond acceptors (Lipinski definition) is 0. The van der Waals surface area contributed by atoms with Crippen LogP contribution in [0.15, 0.2) is 60.7 Å². The summed E-state index contributed by atoms with van der Waals surface area (Å²) in [5.41, 5.74) is 7.97. The zero-order chi connectivity index (χ0) is 14.5. The van der Waals surface area contributed by atoms with Gasteiger partial charge in [-0.3, -0.25) is 0 Å². The van der Waals surface area contributed by atoms with E-state index in [1.165, 1.54) is 33.4 Å². The standard InChI is InChI=1S/C20H22/c1-5-10-17-14-16(8-4)20-15(7-3)12-9-13-19(20)18(17)11-6-2/h5-13H,3,14H2,1-2,4H3/b10-5-,11-6-,16-8-. The molecule has 1 aromatic carbocycles. The summed E-state index contributed by atoms with van der Waals surface area (Å²) in [5, 5.41) is 0. The smallest absolute Gasteiger partial charge is 0.00166 e. The van der Waals surface area contributed by atoms with Crippen molar-refractivity contribution >= 4 is 17.2 Å². The van der Waals surface area contributed by atoms with Crippen molar-refractivity contribution in [1.29, 1.82) is 0 Å². The molecule has 0 heteroatoms. The van der Waals surface area contributed by atoms with Crippen LogP contribution in [-0.2, 0) is 0 Å². The normalized spacial score (nSPS) is 17.2. The van der Waals surface area contributed by atoms with E-state index in [0.29, 0.717) is 0 Å². The SMILES string of the molecule is C=Cc1cccc2c1/C(=C\C)CC(/C=C\C)=C2/C=C\C. The van der Waals surface area contributed by atoms with E-state index >= 15 is 0 Å². The molecule has 0 amide bonds.